The fraction of sp³-hybridized carbons (Fsp3) is 0.333. The Kier molecular flexibility index (Phi) is 4.47. The number of nitrogens with one attached hydrogen (secondary N) is 1. The molecule has 4 rings (SSSR count). The number of aliphatic hydroxyl groups excluding tert-OH is 1. The highest BCUT2D eigenvalue weighted by molar-refractivity contribution is 7.89. The first kappa shape index (κ1) is 17.1. The minimum atomic E-state index is -3.63. The zero-order valence-corrected chi connectivity index (χ0v) is 14.8. The van der Waals surface area contributed by atoms with Gasteiger partial charge in [0.1, 0.15) is 5.75 Å². The van der Waals surface area contributed by atoms with Crippen LogP contribution in [0.25, 0.3) is 0 Å². The average molecular weight is 377 g/mol. The van der Waals surface area contributed by atoms with Crippen LogP contribution in [0.4, 0.5) is 0 Å². The molecule has 8 heteroatoms. The zero-order valence-electron chi connectivity index (χ0n) is 14.0. The van der Waals surface area contributed by atoms with Crippen LogP contribution in [0.1, 0.15) is 23.7 Å². The van der Waals surface area contributed by atoms with Crippen molar-refractivity contribution in [3.05, 3.63) is 47.5 Å². The molecule has 0 radical (unpaired) electrons. The number of benzene rings is 2. The molecule has 0 aliphatic carbocycles. The molecule has 1 atom stereocenters. The highest BCUT2D eigenvalue weighted by atomic mass is 32.2. The van der Waals surface area contributed by atoms with Crippen molar-refractivity contribution in [3.8, 4) is 17.2 Å². The molecule has 1 unspecified atom stereocenters. The fourth-order valence-corrected chi connectivity index (χ4v) is 4.13. The lowest BCUT2D eigenvalue weighted by Gasteiger charge is -2.13. The third kappa shape index (κ3) is 3.35. The second-order valence-corrected chi connectivity index (χ2v) is 7.95. The minimum absolute atomic E-state index is 0.117. The maximum atomic E-state index is 12.4. The molecule has 0 aromatic heterocycles. The van der Waals surface area contributed by atoms with Crippen molar-refractivity contribution < 1.29 is 27.7 Å². The summed E-state index contributed by atoms with van der Waals surface area (Å²) in [6, 6.07) is 10.0. The van der Waals surface area contributed by atoms with Crippen molar-refractivity contribution in [2.45, 2.75) is 23.8 Å². The second-order valence-electron chi connectivity index (χ2n) is 6.18. The summed E-state index contributed by atoms with van der Waals surface area (Å²) in [6.45, 7) is 0.861. The predicted octanol–water partition coefficient (Wildman–Crippen LogP) is 1.75. The monoisotopic (exact) mass is 377 g/mol. The van der Waals surface area contributed by atoms with Crippen LogP contribution in [0.15, 0.2) is 41.3 Å². The summed E-state index contributed by atoms with van der Waals surface area (Å²) < 4.78 is 43.3. The zero-order chi connectivity index (χ0) is 18.1. The summed E-state index contributed by atoms with van der Waals surface area (Å²) in [6.07, 6.45) is 0.148. The summed E-state index contributed by atoms with van der Waals surface area (Å²) in [5.41, 5.74) is 1.55. The summed E-state index contributed by atoms with van der Waals surface area (Å²) in [7, 11) is -3.63. The fourth-order valence-electron chi connectivity index (χ4n) is 3.03. The van der Waals surface area contributed by atoms with E-state index in [4.69, 9.17) is 14.2 Å². The minimum Gasteiger partial charge on any atom is -0.493 e. The van der Waals surface area contributed by atoms with Gasteiger partial charge in [0, 0.05) is 13.0 Å². The summed E-state index contributed by atoms with van der Waals surface area (Å²) in [5, 5.41) is 10.3. The molecule has 0 spiro atoms. The number of rotatable bonds is 6. The Labute approximate surface area is 151 Å². The number of hydrogen-bond donors (Lipinski definition) is 2. The van der Waals surface area contributed by atoms with Crippen molar-refractivity contribution >= 4 is 10.0 Å². The molecule has 0 fully saturated rings. The van der Waals surface area contributed by atoms with Gasteiger partial charge in [-0.2, -0.15) is 0 Å². The third-order valence-corrected chi connectivity index (χ3v) is 5.92. The van der Waals surface area contributed by atoms with Crippen molar-refractivity contribution in [2.75, 3.05) is 19.9 Å². The van der Waals surface area contributed by atoms with Gasteiger partial charge in [0.2, 0.25) is 16.8 Å². The van der Waals surface area contributed by atoms with Crippen molar-refractivity contribution in [1.82, 2.24) is 4.72 Å². The lowest BCUT2D eigenvalue weighted by Crippen LogP contribution is -2.26. The van der Waals surface area contributed by atoms with Gasteiger partial charge in [-0.25, -0.2) is 13.1 Å². The molecule has 2 heterocycles. The molecular weight excluding hydrogens is 358 g/mol. The van der Waals surface area contributed by atoms with Crippen LogP contribution in [0.3, 0.4) is 0 Å². The molecule has 7 nitrogen and oxygen atoms in total. The summed E-state index contributed by atoms with van der Waals surface area (Å²) in [5.74, 6) is 1.96. The molecule has 0 amide bonds. The first-order valence-electron chi connectivity index (χ1n) is 8.36. The van der Waals surface area contributed by atoms with Gasteiger partial charge in [0.15, 0.2) is 11.5 Å². The maximum absolute atomic E-state index is 12.4. The standard InChI is InChI=1S/C18H19NO6S/c20-15(12-1-3-17-18(10-12)25-11-24-17)5-7-19-26(21,22)14-2-4-16-13(9-14)6-8-23-16/h1-4,9-10,15,19-20H,5-8,11H2. The molecular formula is C18H19NO6S. The van der Waals surface area contributed by atoms with Gasteiger partial charge in [-0.1, -0.05) is 6.07 Å². The maximum Gasteiger partial charge on any atom is 0.240 e. The van der Waals surface area contributed by atoms with E-state index in [0.717, 1.165) is 11.3 Å². The summed E-state index contributed by atoms with van der Waals surface area (Å²) in [4.78, 5) is 0.208. The van der Waals surface area contributed by atoms with Crippen LogP contribution < -0.4 is 18.9 Å². The second kappa shape index (κ2) is 6.79. The molecule has 0 saturated heterocycles. The number of fused-ring (bicyclic) bond motifs is 2. The smallest absolute Gasteiger partial charge is 0.240 e. The largest absolute Gasteiger partial charge is 0.493 e. The molecule has 0 bridgehead atoms. The Balaban J connectivity index is 1.37. The van der Waals surface area contributed by atoms with Gasteiger partial charge >= 0.3 is 0 Å². The third-order valence-electron chi connectivity index (χ3n) is 4.46. The lowest BCUT2D eigenvalue weighted by molar-refractivity contribution is 0.166. The quantitative estimate of drug-likeness (QED) is 0.797. The van der Waals surface area contributed by atoms with E-state index in [0.29, 0.717) is 30.1 Å². The van der Waals surface area contributed by atoms with Gasteiger partial charge in [-0.15, -0.1) is 0 Å². The average Bonchev–Trinajstić information content (AvgIpc) is 3.28. The first-order chi connectivity index (χ1) is 12.5. The van der Waals surface area contributed by atoms with Gasteiger partial charge in [0.05, 0.1) is 17.6 Å². The van der Waals surface area contributed by atoms with E-state index in [9.17, 15) is 13.5 Å². The van der Waals surface area contributed by atoms with Crippen LogP contribution in [0.2, 0.25) is 0 Å². The van der Waals surface area contributed by atoms with Crippen molar-refractivity contribution in [2.24, 2.45) is 0 Å². The van der Waals surface area contributed by atoms with E-state index in [2.05, 4.69) is 4.72 Å². The van der Waals surface area contributed by atoms with E-state index in [1.54, 1.807) is 30.3 Å². The first-order valence-corrected chi connectivity index (χ1v) is 9.84. The summed E-state index contributed by atoms with van der Waals surface area (Å²) >= 11 is 0. The molecule has 2 N–H and O–H groups in total. The van der Waals surface area contributed by atoms with Crippen molar-refractivity contribution in [1.29, 1.82) is 0 Å². The molecule has 2 aromatic rings. The van der Waals surface area contributed by atoms with Crippen LogP contribution >= 0.6 is 0 Å². The Morgan fingerprint density at radius 1 is 1.04 bits per heavy atom. The van der Waals surface area contributed by atoms with Gasteiger partial charge < -0.3 is 19.3 Å². The number of hydrogen-bond acceptors (Lipinski definition) is 6. The highest BCUT2D eigenvalue weighted by Crippen LogP contribution is 2.34. The Morgan fingerprint density at radius 2 is 1.85 bits per heavy atom. The molecule has 138 valence electrons. The van der Waals surface area contributed by atoms with Crippen LogP contribution in [-0.4, -0.2) is 33.5 Å². The topological polar surface area (TPSA) is 94.1 Å². The van der Waals surface area contributed by atoms with Crippen molar-refractivity contribution in [3.63, 3.8) is 0 Å². The van der Waals surface area contributed by atoms with Gasteiger partial charge in [-0.3, -0.25) is 0 Å². The highest BCUT2D eigenvalue weighted by Gasteiger charge is 2.20. The Morgan fingerprint density at radius 3 is 2.73 bits per heavy atom. The van der Waals surface area contributed by atoms with E-state index in [1.165, 1.54) is 6.07 Å². The van der Waals surface area contributed by atoms with Crippen LogP contribution in [0.5, 0.6) is 17.2 Å². The molecule has 2 aromatic carbocycles. The van der Waals surface area contributed by atoms with Gasteiger partial charge in [-0.05, 0) is 47.9 Å². The predicted molar refractivity (Wildman–Crippen MR) is 93.0 cm³/mol. The number of sulfonamides is 1. The van der Waals surface area contributed by atoms with Crippen LogP contribution in [0, 0.1) is 0 Å². The Bertz CT molecular complexity index is 927. The lowest BCUT2D eigenvalue weighted by atomic mass is 10.1. The normalized spacial score (nSPS) is 16.2. The molecule has 2 aliphatic heterocycles. The van der Waals surface area contributed by atoms with E-state index < -0.39 is 16.1 Å². The van der Waals surface area contributed by atoms with Crippen LogP contribution in [-0.2, 0) is 16.4 Å². The number of aliphatic hydroxyl groups is 1. The van der Waals surface area contributed by atoms with Gasteiger partial charge in [0.25, 0.3) is 0 Å². The molecule has 26 heavy (non-hydrogen) atoms. The SMILES string of the molecule is O=S(=O)(NCCC(O)c1ccc2c(c1)OCO2)c1ccc2c(c1)CCO2. The molecule has 0 saturated carbocycles. The van der Waals surface area contributed by atoms with E-state index >= 15 is 0 Å². The molecule has 2 aliphatic rings. The van der Waals surface area contributed by atoms with E-state index in [1.807, 2.05) is 0 Å². The van der Waals surface area contributed by atoms with E-state index in [-0.39, 0.29) is 24.7 Å². The Hall–Kier alpha value is -2.29. The number of ether oxygens (including phenoxy) is 3.